The van der Waals surface area contributed by atoms with E-state index < -0.39 is 38.8 Å². The summed E-state index contributed by atoms with van der Waals surface area (Å²) >= 11 is 5.85. The fourth-order valence-electron chi connectivity index (χ4n) is 4.28. The second-order valence-electron chi connectivity index (χ2n) is 8.72. The molecule has 2 heterocycles. The van der Waals surface area contributed by atoms with Crippen molar-refractivity contribution in [1.82, 2.24) is 24.7 Å². The quantitative estimate of drug-likeness (QED) is 0.396. The maximum atomic E-state index is 14.4. The Balaban J connectivity index is 1.78. The summed E-state index contributed by atoms with van der Waals surface area (Å²) in [4.78, 5) is 8.17. The largest absolute Gasteiger partial charge is 0.495 e. The molecule has 3 aromatic rings. The summed E-state index contributed by atoms with van der Waals surface area (Å²) in [6, 6.07) is 5.21. The summed E-state index contributed by atoms with van der Waals surface area (Å²) in [5.74, 6) is -4.19. The lowest BCUT2D eigenvalue weighted by Crippen LogP contribution is -2.38. The number of halogens is 3. The molecule has 0 amide bonds. The first-order valence-corrected chi connectivity index (χ1v) is 13.3. The van der Waals surface area contributed by atoms with Gasteiger partial charge >= 0.3 is 0 Å². The van der Waals surface area contributed by atoms with Gasteiger partial charge in [-0.15, -0.1) is 10.2 Å². The van der Waals surface area contributed by atoms with Crippen molar-refractivity contribution in [2.45, 2.75) is 55.6 Å². The van der Waals surface area contributed by atoms with Gasteiger partial charge in [0, 0.05) is 25.9 Å². The van der Waals surface area contributed by atoms with E-state index in [1.165, 1.54) is 38.1 Å². The molecule has 4 rings (SSSR count). The van der Waals surface area contributed by atoms with Crippen molar-refractivity contribution in [2.24, 2.45) is 0 Å². The molecule has 1 saturated carbocycles. The molecule has 0 N–H and O–H groups in total. The second kappa shape index (κ2) is 9.98. The standard InChI is InChI=1S/C23H26ClF2N5O4S/c1-13-6-5-7-17(34-3)19(13)31-18(29-30-22(31)16-8-9-23(16,25)26)12-36(32,33)14(2)20(35-4)21-27-10-15(24)11-28-21/h5-7,10-11,14,16,20H,8-9,12H2,1-4H3/t14-,16-,20-/m0/s1. The van der Waals surface area contributed by atoms with Crippen LogP contribution in [0, 0.1) is 6.92 Å². The topological polar surface area (TPSA) is 109 Å². The number of aryl methyl sites for hydroxylation is 1. The Labute approximate surface area is 212 Å². The monoisotopic (exact) mass is 541 g/mol. The Morgan fingerprint density at radius 1 is 1.22 bits per heavy atom. The molecule has 0 radical (unpaired) electrons. The van der Waals surface area contributed by atoms with Crippen molar-refractivity contribution in [2.75, 3.05) is 14.2 Å². The molecule has 0 aliphatic heterocycles. The maximum absolute atomic E-state index is 14.4. The third kappa shape index (κ3) is 4.81. The number of rotatable bonds is 9. The summed E-state index contributed by atoms with van der Waals surface area (Å²) < 4.78 is 68.2. The van der Waals surface area contributed by atoms with E-state index in [9.17, 15) is 17.2 Å². The molecule has 1 aliphatic rings. The first-order valence-electron chi connectivity index (χ1n) is 11.2. The van der Waals surface area contributed by atoms with Gasteiger partial charge in [0.25, 0.3) is 5.92 Å². The van der Waals surface area contributed by atoms with E-state index in [0.717, 1.165) is 0 Å². The SMILES string of the molecule is COc1cccc(C)c1-n1c(CS(=O)(=O)[C@@H](C)[C@H](OC)c2ncc(Cl)cn2)nnc1[C@@H]1CCC1(F)F. The minimum atomic E-state index is -3.97. The summed E-state index contributed by atoms with van der Waals surface area (Å²) in [7, 11) is -1.16. The Morgan fingerprint density at radius 3 is 2.47 bits per heavy atom. The van der Waals surface area contributed by atoms with Crippen LogP contribution >= 0.6 is 11.6 Å². The average molecular weight is 542 g/mol. The van der Waals surface area contributed by atoms with E-state index in [0.29, 0.717) is 22.0 Å². The molecular formula is C23H26ClF2N5O4S. The number of alkyl halides is 2. The smallest absolute Gasteiger partial charge is 0.258 e. The van der Waals surface area contributed by atoms with E-state index >= 15 is 0 Å². The van der Waals surface area contributed by atoms with Crippen molar-refractivity contribution in [3.63, 3.8) is 0 Å². The molecule has 13 heteroatoms. The van der Waals surface area contributed by atoms with Crippen LogP contribution in [0.25, 0.3) is 5.69 Å². The van der Waals surface area contributed by atoms with Crippen LogP contribution < -0.4 is 4.74 Å². The van der Waals surface area contributed by atoms with E-state index in [1.807, 2.05) is 0 Å². The number of hydrogen-bond donors (Lipinski definition) is 0. The van der Waals surface area contributed by atoms with Crippen LogP contribution in [0.3, 0.4) is 0 Å². The Morgan fingerprint density at radius 2 is 1.92 bits per heavy atom. The third-order valence-electron chi connectivity index (χ3n) is 6.46. The molecule has 1 aromatic carbocycles. The molecular weight excluding hydrogens is 516 g/mol. The predicted octanol–water partition coefficient (Wildman–Crippen LogP) is 4.23. The Bertz CT molecular complexity index is 1350. The molecule has 0 bridgehead atoms. The number of para-hydroxylation sites is 1. The van der Waals surface area contributed by atoms with Crippen LogP contribution in [0.15, 0.2) is 30.6 Å². The molecule has 1 aliphatic carbocycles. The lowest BCUT2D eigenvalue weighted by molar-refractivity contribution is -0.0994. The van der Waals surface area contributed by atoms with E-state index in [2.05, 4.69) is 20.2 Å². The maximum Gasteiger partial charge on any atom is 0.258 e. The fourth-order valence-corrected chi connectivity index (χ4v) is 5.79. The summed E-state index contributed by atoms with van der Waals surface area (Å²) in [5.41, 5.74) is 1.11. The minimum absolute atomic E-state index is 0.000900. The fraction of sp³-hybridized carbons (Fsp3) is 0.478. The van der Waals surface area contributed by atoms with Crippen LogP contribution in [0.1, 0.15) is 54.8 Å². The van der Waals surface area contributed by atoms with Gasteiger partial charge in [-0.2, -0.15) is 0 Å². The normalized spacial score (nSPS) is 18.9. The number of sulfone groups is 1. The number of benzene rings is 1. The van der Waals surface area contributed by atoms with Crippen LogP contribution in [0.2, 0.25) is 5.02 Å². The average Bonchev–Trinajstić information content (AvgIpc) is 3.20. The molecule has 9 nitrogen and oxygen atoms in total. The second-order valence-corrected chi connectivity index (χ2v) is 11.5. The van der Waals surface area contributed by atoms with Crippen LogP contribution in [0.4, 0.5) is 8.78 Å². The van der Waals surface area contributed by atoms with Crippen molar-refractivity contribution < 1.29 is 26.7 Å². The number of nitrogens with zero attached hydrogens (tertiary/aromatic N) is 5. The molecule has 3 atom stereocenters. The van der Waals surface area contributed by atoms with Crippen molar-refractivity contribution in [3.8, 4) is 11.4 Å². The van der Waals surface area contributed by atoms with Gasteiger partial charge in [-0.25, -0.2) is 27.2 Å². The zero-order chi connectivity index (χ0) is 26.3. The highest BCUT2D eigenvalue weighted by Gasteiger charge is 2.52. The summed E-state index contributed by atoms with van der Waals surface area (Å²) in [6.45, 7) is 3.25. The zero-order valence-electron chi connectivity index (χ0n) is 20.2. The molecule has 1 fully saturated rings. The van der Waals surface area contributed by atoms with Gasteiger partial charge < -0.3 is 9.47 Å². The highest BCUT2D eigenvalue weighted by atomic mass is 35.5. The van der Waals surface area contributed by atoms with E-state index in [1.54, 1.807) is 25.1 Å². The van der Waals surface area contributed by atoms with Gasteiger partial charge in [0.05, 0.1) is 29.0 Å². The Hall–Kier alpha value is -2.70. The Kier molecular flexibility index (Phi) is 7.31. The summed E-state index contributed by atoms with van der Waals surface area (Å²) in [6.07, 6.45) is 1.65. The van der Waals surface area contributed by atoms with Gasteiger partial charge in [-0.3, -0.25) is 4.57 Å². The van der Waals surface area contributed by atoms with Crippen molar-refractivity contribution in [3.05, 3.63) is 58.7 Å². The van der Waals surface area contributed by atoms with Crippen LogP contribution in [-0.2, 0) is 20.3 Å². The van der Waals surface area contributed by atoms with Gasteiger partial charge in [0.1, 0.15) is 23.4 Å². The van der Waals surface area contributed by atoms with Gasteiger partial charge in [-0.05, 0) is 31.9 Å². The predicted molar refractivity (Wildman–Crippen MR) is 128 cm³/mol. The number of aromatic nitrogens is 5. The molecule has 0 saturated heterocycles. The summed E-state index contributed by atoms with van der Waals surface area (Å²) in [5, 5.41) is 7.32. The number of ether oxygens (including phenoxy) is 2. The van der Waals surface area contributed by atoms with Gasteiger partial charge in [0.15, 0.2) is 21.5 Å². The number of hydrogen-bond acceptors (Lipinski definition) is 8. The van der Waals surface area contributed by atoms with Gasteiger partial charge in [-0.1, -0.05) is 23.7 Å². The van der Waals surface area contributed by atoms with Gasteiger partial charge in [0.2, 0.25) is 0 Å². The lowest BCUT2D eigenvalue weighted by atomic mass is 9.80. The molecule has 2 aromatic heterocycles. The highest BCUT2D eigenvalue weighted by molar-refractivity contribution is 7.91. The molecule has 36 heavy (non-hydrogen) atoms. The van der Waals surface area contributed by atoms with E-state index in [-0.39, 0.29) is 30.3 Å². The number of methoxy groups -OCH3 is 2. The first-order chi connectivity index (χ1) is 17.0. The first kappa shape index (κ1) is 26.4. The molecule has 0 spiro atoms. The molecule has 0 unspecified atom stereocenters. The van der Waals surface area contributed by atoms with Crippen LogP contribution in [-0.4, -0.2) is 58.5 Å². The molecule has 194 valence electrons. The highest BCUT2D eigenvalue weighted by Crippen LogP contribution is 2.50. The minimum Gasteiger partial charge on any atom is -0.495 e. The third-order valence-corrected chi connectivity index (χ3v) is 8.69. The van der Waals surface area contributed by atoms with Crippen molar-refractivity contribution >= 4 is 21.4 Å². The van der Waals surface area contributed by atoms with E-state index in [4.69, 9.17) is 21.1 Å². The zero-order valence-corrected chi connectivity index (χ0v) is 21.7. The van der Waals surface area contributed by atoms with Crippen LogP contribution in [0.5, 0.6) is 5.75 Å². The lowest BCUT2D eigenvalue weighted by Gasteiger charge is -2.35. The van der Waals surface area contributed by atoms with Crippen molar-refractivity contribution in [1.29, 1.82) is 0 Å².